The van der Waals surface area contributed by atoms with E-state index >= 15 is 0 Å². The van der Waals surface area contributed by atoms with Crippen LogP contribution in [0.25, 0.3) is 0 Å². The summed E-state index contributed by atoms with van der Waals surface area (Å²) in [5.41, 5.74) is 0.436. The van der Waals surface area contributed by atoms with Gasteiger partial charge in [-0.3, -0.25) is 4.79 Å². The van der Waals surface area contributed by atoms with E-state index in [9.17, 15) is 4.79 Å². The second-order valence-corrected chi connectivity index (χ2v) is 9.59. The Kier molecular flexibility index (Phi) is 3.33. The molecule has 0 spiro atoms. The fourth-order valence-electron chi connectivity index (χ4n) is 6.52. The van der Waals surface area contributed by atoms with Crippen LogP contribution in [0.3, 0.4) is 0 Å². The number of halogens is 1. The number of rotatable bonds is 2. The molecule has 3 heteroatoms. The molecule has 5 saturated carbocycles. The second-order valence-electron chi connectivity index (χ2n) is 8.97. The average Bonchev–Trinajstić information content (AvgIpc) is 2.38. The van der Waals surface area contributed by atoms with Crippen molar-refractivity contribution in [3.8, 4) is 0 Å². The molecule has 2 atom stereocenters. The third-order valence-electron chi connectivity index (χ3n) is 6.83. The van der Waals surface area contributed by atoms with E-state index in [1.807, 2.05) is 0 Å². The average molecular weight is 310 g/mol. The lowest BCUT2D eigenvalue weighted by Crippen LogP contribution is -2.58. The van der Waals surface area contributed by atoms with Crippen LogP contribution in [-0.2, 0) is 4.79 Å². The Morgan fingerprint density at radius 3 is 2.24 bits per heavy atom. The van der Waals surface area contributed by atoms with Crippen LogP contribution in [-0.4, -0.2) is 17.3 Å². The predicted molar refractivity (Wildman–Crippen MR) is 85.3 cm³/mol. The lowest BCUT2D eigenvalue weighted by Gasteiger charge is -2.60. The standard InChI is InChI=1S/C18H28ClNO/c1-17-7-12-6-13(8-17)10-18(9-12,11-17)16(21)20-15-4-2-14(19)3-5-15/h12-15H,2-11H2,1H3,(H,20,21). The molecular formula is C18H28ClNO. The molecule has 1 amide bonds. The minimum atomic E-state index is -0.0172. The van der Waals surface area contributed by atoms with Crippen LogP contribution in [0.2, 0.25) is 0 Å². The maximum Gasteiger partial charge on any atom is 0.226 e. The third-order valence-corrected chi connectivity index (χ3v) is 7.26. The zero-order valence-corrected chi connectivity index (χ0v) is 13.9. The zero-order chi connectivity index (χ0) is 14.7. The van der Waals surface area contributed by atoms with Crippen molar-refractivity contribution in [2.45, 2.75) is 82.6 Å². The summed E-state index contributed by atoms with van der Waals surface area (Å²) < 4.78 is 0. The lowest BCUT2D eigenvalue weighted by molar-refractivity contribution is -0.156. The first-order chi connectivity index (χ1) is 9.96. The van der Waals surface area contributed by atoms with E-state index in [1.165, 1.54) is 19.3 Å². The van der Waals surface area contributed by atoms with Crippen LogP contribution in [0.1, 0.15) is 71.1 Å². The van der Waals surface area contributed by atoms with Gasteiger partial charge in [-0.15, -0.1) is 11.6 Å². The number of amides is 1. The number of hydrogen-bond acceptors (Lipinski definition) is 1. The highest BCUT2D eigenvalue weighted by atomic mass is 35.5. The molecule has 5 aliphatic rings. The second kappa shape index (κ2) is 4.88. The highest BCUT2D eigenvalue weighted by Crippen LogP contribution is 2.65. The van der Waals surface area contributed by atoms with E-state index in [2.05, 4.69) is 12.2 Å². The summed E-state index contributed by atoms with van der Waals surface area (Å²) in [5.74, 6) is 2.03. The first kappa shape index (κ1) is 14.4. The third kappa shape index (κ3) is 2.52. The van der Waals surface area contributed by atoms with E-state index in [0.29, 0.717) is 22.7 Å². The van der Waals surface area contributed by atoms with Crippen LogP contribution in [0.4, 0.5) is 0 Å². The molecule has 21 heavy (non-hydrogen) atoms. The highest BCUT2D eigenvalue weighted by molar-refractivity contribution is 6.20. The Morgan fingerprint density at radius 2 is 1.67 bits per heavy atom. The molecule has 0 saturated heterocycles. The van der Waals surface area contributed by atoms with E-state index < -0.39 is 0 Å². The normalized spacial score (nSPS) is 51.9. The van der Waals surface area contributed by atoms with Gasteiger partial charge in [-0.25, -0.2) is 0 Å². The quantitative estimate of drug-likeness (QED) is 0.759. The number of carbonyl (C=O) groups is 1. The van der Waals surface area contributed by atoms with Crippen LogP contribution in [0, 0.1) is 22.7 Å². The van der Waals surface area contributed by atoms with Gasteiger partial charge in [-0.2, -0.15) is 0 Å². The molecule has 118 valence electrons. The van der Waals surface area contributed by atoms with Crippen molar-refractivity contribution >= 4 is 17.5 Å². The SMILES string of the molecule is CC12CC3CC(C1)CC(C(=O)NC1CCC(Cl)CC1)(C3)C2. The van der Waals surface area contributed by atoms with Gasteiger partial charge in [0.15, 0.2) is 0 Å². The van der Waals surface area contributed by atoms with Gasteiger partial charge >= 0.3 is 0 Å². The number of alkyl halides is 1. The Morgan fingerprint density at radius 1 is 1.05 bits per heavy atom. The monoisotopic (exact) mass is 309 g/mol. The molecule has 2 nitrogen and oxygen atoms in total. The molecule has 5 fully saturated rings. The summed E-state index contributed by atoms with van der Waals surface area (Å²) in [6.07, 6.45) is 11.9. The molecule has 0 aliphatic heterocycles. The molecule has 0 heterocycles. The first-order valence-electron chi connectivity index (χ1n) is 8.91. The van der Waals surface area contributed by atoms with Gasteiger partial charge in [0.05, 0.1) is 5.41 Å². The molecule has 4 bridgehead atoms. The van der Waals surface area contributed by atoms with Crippen molar-refractivity contribution in [2.75, 3.05) is 0 Å². The number of carbonyl (C=O) groups excluding carboxylic acids is 1. The summed E-state index contributed by atoms with van der Waals surface area (Å²) in [6, 6.07) is 0.383. The zero-order valence-electron chi connectivity index (χ0n) is 13.2. The summed E-state index contributed by atoms with van der Waals surface area (Å²) in [4.78, 5) is 13.0. The predicted octanol–water partition coefficient (Wildman–Crippen LogP) is 4.26. The van der Waals surface area contributed by atoms with Crippen LogP contribution in [0.5, 0.6) is 0 Å². The molecule has 1 N–H and O–H groups in total. The van der Waals surface area contributed by atoms with E-state index in [-0.39, 0.29) is 5.41 Å². The first-order valence-corrected chi connectivity index (χ1v) is 9.35. The number of nitrogens with one attached hydrogen (secondary N) is 1. The summed E-state index contributed by atoms with van der Waals surface area (Å²) >= 11 is 6.18. The smallest absolute Gasteiger partial charge is 0.226 e. The largest absolute Gasteiger partial charge is 0.353 e. The topological polar surface area (TPSA) is 29.1 Å². The fourth-order valence-corrected chi connectivity index (χ4v) is 6.77. The van der Waals surface area contributed by atoms with Crippen LogP contribution < -0.4 is 5.32 Å². The molecule has 0 aromatic heterocycles. The van der Waals surface area contributed by atoms with Crippen molar-refractivity contribution < 1.29 is 4.79 Å². The highest BCUT2D eigenvalue weighted by Gasteiger charge is 2.58. The molecule has 2 unspecified atom stereocenters. The van der Waals surface area contributed by atoms with E-state index in [4.69, 9.17) is 11.6 Å². The van der Waals surface area contributed by atoms with Crippen LogP contribution >= 0.6 is 11.6 Å². The van der Waals surface area contributed by atoms with Crippen molar-refractivity contribution in [1.82, 2.24) is 5.32 Å². The molecule has 0 radical (unpaired) electrons. The van der Waals surface area contributed by atoms with Crippen molar-refractivity contribution in [2.24, 2.45) is 22.7 Å². The van der Waals surface area contributed by atoms with Gasteiger partial charge < -0.3 is 5.32 Å². The van der Waals surface area contributed by atoms with Gasteiger partial charge in [0.25, 0.3) is 0 Å². The van der Waals surface area contributed by atoms with Gasteiger partial charge in [0, 0.05) is 11.4 Å². The van der Waals surface area contributed by atoms with Gasteiger partial charge in [-0.1, -0.05) is 6.92 Å². The Labute approximate surface area is 133 Å². The Bertz CT molecular complexity index is 426. The maximum absolute atomic E-state index is 13.0. The summed E-state index contributed by atoms with van der Waals surface area (Å²) in [6.45, 7) is 2.44. The Hall–Kier alpha value is -0.240. The summed E-state index contributed by atoms with van der Waals surface area (Å²) in [5, 5.41) is 3.75. The molecule has 5 aliphatic carbocycles. The molecule has 0 aromatic rings. The molecule has 0 aromatic carbocycles. The van der Waals surface area contributed by atoms with Gasteiger partial charge in [0.2, 0.25) is 5.91 Å². The van der Waals surface area contributed by atoms with Crippen molar-refractivity contribution in [1.29, 1.82) is 0 Å². The Balaban J connectivity index is 1.46. The summed E-state index contributed by atoms with van der Waals surface area (Å²) in [7, 11) is 0. The van der Waals surface area contributed by atoms with Crippen molar-refractivity contribution in [3.63, 3.8) is 0 Å². The lowest BCUT2D eigenvalue weighted by atomic mass is 9.44. The minimum absolute atomic E-state index is 0.0172. The van der Waals surface area contributed by atoms with Crippen molar-refractivity contribution in [3.05, 3.63) is 0 Å². The maximum atomic E-state index is 13.0. The fraction of sp³-hybridized carbons (Fsp3) is 0.944. The number of hydrogen-bond donors (Lipinski definition) is 1. The van der Waals surface area contributed by atoms with Gasteiger partial charge in [0.1, 0.15) is 0 Å². The van der Waals surface area contributed by atoms with E-state index in [1.54, 1.807) is 0 Å². The minimum Gasteiger partial charge on any atom is -0.353 e. The molecular weight excluding hydrogens is 282 g/mol. The molecule has 5 rings (SSSR count). The van der Waals surface area contributed by atoms with E-state index in [0.717, 1.165) is 56.8 Å². The van der Waals surface area contributed by atoms with Gasteiger partial charge in [-0.05, 0) is 81.5 Å². The van der Waals surface area contributed by atoms with Crippen LogP contribution in [0.15, 0.2) is 0 Å².